The van der Waals surface area contributed by atoms with E-state index in [1.165, 1.54) is 0 Å². The van der Waals surface area contributed by atoms with E-state index in [1.807, 2.05) is 24.4 Å². The summed E-state index contributed by atoms with van der Waals surface area (Å²) in [6.07, 6.45) is 7.72. The highest BCUT2D eigenvalue weighted by Crippen LogP contribution is 1.88. The van der Waals surface area contributed by atoms with Crippen molar-refractivity contribution in [2.75, 3.05) is 6.54 Å². The number of hydrazine groups is 1. The maximum absolute atomic E-state index is 8.68. The van der Waals surface area contributed by atoms with Gasteiger partial charge in [-0.2, -0.15) is 0 Å². The molecular weight excluding hydrogens is 263 g/mol. The molecule has 1 aliphatic rings. The Kier molecular flexibility index (Phi) is 6.46. The second kappa shape index (κ2) is 6.55. The quantitative estimate of drug-likeness (QED) is 0.338. The van der Waals surface area contributed by atoms with Gasteiger partial charge in [0.25, 0.3) is 0 Å². The van der Waals surface area contributed by atoms with E-state index in [0.29, 0.717) is 0 Å². The first-order valence-electron chi connectivity index (χ1n) is 2.72. The number of hydrogen-bond acceptors (Lipinski definition) is 5. The average molecular weight is 272 g/mol. The highest BCUT2D eigenvalue weighted by Gasteiger charge is 1.90. The van der Waals surface area contributed by atoms with Crippen molar-refractivity contribution in [1.29, 1.82) is 0 Å². The van der Waals surface area contributed by atoms with E-state index in [-0.39, 0.29) is 0 Å². The summed E-state index contributed by atoms with van der Waals surface area (Å²) >= 11 is -3.76. The predicted molar refractivity (Wildman–Crippen MR) is 31.4 cm³/mol. The summed E-state index contributed by atoms with van der Waals surface area (Å²) in [5, 5.41) is 1.62. The van der Waals surface area contributed by atoms with Crippen LogP contribution in [0.5, 0.6) is 0 Å². The van der Waals surface area contributed by atoms with Crippen LogP contribution in [0.4, 0.5) is 0 Å². The molecule has 64 valence electrons. The lowest BCUT2D eigenvalue weighted by Crippen LogP contribution is -3.98. The van der Waals surface area contributed by atoms with Crippen molar-refractivity contribution in [3.8, 4) is 0 Å². The monoisotopic (exact) mass is 272 g/mol. The van der Waals surface area contributed by atoms with Gasteiger partial charge in [0, 0.05) is 6.20 Å². The highest BCUT2D eigenvalue weighted by atomic mass is 127. The number of hydrogen-bond donors (Lipinski definition) is 2. The van der Waals surface area contributed by atoms with Gasteiger partial charge in [-0.15, -0.1) is 0 Å². The summed E-state index contributed by atoms with van der Waals surface area (Å²) in [5.74, 6) is 5.33. The van der Waals surface area contributed by atoms with Crippen LogP contribution in [0.25, 0.3) is 0 Å². The van der Waals surface area contributed by atoms with E-state index in [0.717, 1.165) is 6.54 Å². The maximum atomic E-state index is 8.68. The zero-order chi connectivity index (χ0) is 8.69. The third kappa shape index (κ3) is 9.85. The molecule has 0 radical (unpaired) electrons. The van der Waals surface area contributed by atoms with Crippen molar-refractivity contribution in [2.45, 2.75) is 0 Å². The molecule has 0 spiro atoms. The largest absolute Gasteiger partial charge is 0.503 e. The molecule has 1 rings (SSSR count). The van der Waals surface area contributed by atoms with Crippen LogP contribution in [0.1, 0.15) is 0 Å². The van der Waals surface area contributed by atoms with Crippen LogP contribution in [-0.4, -0.2) is 15.0 Å². The fourth-order valence-electron chi connectivity index (χ4n) is 0.482. The lowest BCUT2D eigenvalue weighted by molar-refractivity contribution is -1.63. The topological polar surface area (TPSA) is 95.6 Å². The van der Waals surface area contributed by atoms with Gasteiger partial charge in [-0.3, -0.25) is 0 Å². The molecule has 0 aromatic heterocycles. The van der Waals surface area contributed by atoms with Gasteiger partial charge in [0.1, 0.15) is 0 Å². The number of allylic oxidation sites excluding steroid dienone is 2. The Bertz CT molecular complexity index is 146. The number of halogens is 1. The van der Waals surface area contributed by atoms with E-state index >= 15 is 0 Å². The Hall–Kier alpha value is -0.150. The second-order valence-corrected chi connectivity index (χ2v) is 2.81. The first kappa shape index (κ1) is 10.8. The molecule has 0 aliphatic carbocycles. The van der Waals surface area contributed by atoms with Gasteiger partial charge < -0.3 is 11.9 Å². The number of rotatable bonds is 0. The van der Waals surface area contributed by atoms with Crippen molar-refractivity contribution in [2.24, 2.45) is 5.84 Å². The molecule has 0 saturated carbocycles. The molecule has 0 amide bonds. The van der Waals surface area contributed by atoms with Gasteiger partial charge >= 0.3 is 21.1 Å². The summed E-state index contributed by atoms with van der Waals surface area (Å²) < 4.78 is 24.5. The Balaban J connectivity index is 0.000000218. The predicted octanol–water partition coefficient (Wildman–Crippen LogP) is -5.69. The minimum absolute atomic E-state index is 0.830. The van der Waals surface area contributed by atoms with E-state index in [1.54, 1.807) is 5.01 Å². The minimum atomic E-state index is -3.76. The van der Waals surface area contributed by atoms with E-state index in [2.05, 4.69) is 0 Å². The molecule has 0 atom stereocenters. The summed E-state index contributed by atoms with van der Waals surface area (Å²) in [6.45, 7) is 0.830. The van der Waals surface area contributed by atoms with Crippen LogP contribution in [0, 0.1) is 0 Å². The van der Waals surface area contributed by atoms with Crippen molar-refractivity contribution in [3.05, 3.63) is 24.4 Å². The minimum Gasteiger partial charge on any atom is -0.396 e. The van der Waals surface area contributed by atoms with Crippen LogP contribution >= 0.6 is 0 Å². The van der Waals surface area contributed by atoms with Crippen LogP contribution in [0.2, 0.25) is 0 Å². The van der Waals surface area contributed by atoms with Crippen LogP contribution in [0.15, 0.2) is 24.4 Å². The highest BCUT2D eigenvalue weighted by molar-refractivity contribution is 5.07. The molecule has 5 nitrogen and oxygen atoms in total. The van der Waals surface area contributed by atoms with Crippen LogP contribution < -0.4 is 33.8 Å². The summed E-state index contributed by atoms with van der Waals surface area (Å²) in [4.78, 5) is 0. The Labute approximate surface area is 73.4 Å². The first-order valence-corrected chi connectivity index (χ1v) is 5.44. The lowest BCUT2D eigenvalue weighted by Gasteiger charge is -2.11. The zero-order valence-corrected chi connectivity index (χ0v) is 7.84. The van der Waals surface area contributed by atoms with Gasteiger partial charge in [-0.1, -0.05) is 12.2 Å². The average Bonchev–Trinajstić information content (AvgIpc) is 1.87. The van der Waals surface area contributed by atoms with Gasteiger partial charge in [0.05, 0.1) is 6.54 Å². The Morgan fingerprint density at radius 2 is 2.00 bits per heavy atom. The van der Waals surface area contributed by atoms with Crippen molar-refractivity contribution < 1.29 is 31.4 Å². The second-order valence-electron chi connectivity index (χ2n) is 1.67. The maximum Gasteiger partial charge on any atom is 0.503 e. The molecule has 0 aromatic carbocycles. The van der Waals surface area contributed by atoms with Gasteiger partial charge in [-0.25, -0.2) is 5.84 Å². The third-order valence-corrected chi connectivity index (χ3v) is 0.841. The zero-order valence-electron chi connectivity index (χ0n) is 5.68. The molecule has 3 N–H and O–H groups in total. The van der Waals surface area contributed by atoms with Crippen LogP contribution in [0.3, 0.4) is 0 Å². The van der Waals surface area contributed by atoms with E-state index in [4.69, 9.17) is 16.2 Å². The molecule has 1 heterocycles. The normalized spacial score (nSPS) is 14.8. The number of nitrogens with zero attached hydrogens (tertiary/aromatic N) is 1. The standard InChI is InChI=1S/C5H8N2.HIO3/c6-7-4-2-1-3-5-7;2-1(3)4/h1-4H,5-6H2;2H. The van der Waals surface area contributed by atoms with Crippen molar-refractivity contribution in [1.82, 2.24) is 5.01 Å². The van der Waals surface area contributed by atoms with Gasteiger partial charge in [0.2, 0.25) is 0 Å². The van der Waals surface area contributed by atoms with E-state index in [9.17, 15) is 0 Å². The fraction of sp³-hybridized carbons (Fsp3) is 0.200. The third-order valence-electron chi connectivity index (χ3n) is 0.841. The molecular formula is C5H9IN2O3. The lowest BCUT2D eigenvalue weighted by atomic mass is 10.4. The fourth-order valence-corrected chi connectivity index (χ4v) is 0.482. The van der Waals surface area contributed by atoms with Crippen molar-refractivity contribution >= 4 is 0 Å². The number of nitrogens with two attached hydrogens (primary N) is 1. The molecule has 0 fully saturated rings. The molecule has 11 heavy (non-hydrogen) atoms. The molecule has 1 aliphatic heterocycles. The molecule has 0 aromatic rings. The summed E-state index contributed by atoms with van der Waals surface area (Å²) in [5.41, 5.74) is 0. The molecule has 0 unspecified atom stereocenters. The first-order chi connectivity index (χ1) is 5.13. The van der Waals surface area contributed by atoms with Crippen molar-refractivity contribution in [3.63, 3.8) is 0 Å². The molecule has 0 saturated heterocycles. The smallest absolute Gasteiger partial charge is 0.396 e. The van der Waals surface area contributed by atoms with Gasteiger partial charge in [-0.05, 0) is 9.51 Å². The Morgan fingerprint density at radius 1 is 1.45 bits per heavy atom. The van der Waals surface area contributed by atoms with Crippen LogP contribution in [-0.2, 0) is 0 Å². The summed E-state index contributed by atoms with van der Waals surface area (Å²) in [6, 6.07) is 0. The van der Waals surface area contributed by atoms with E-state index < -0.39 is 21.1 Å². The van der Waals surface area contributed by atoms with Gasteiger partial charge in [0.15, 0.2) is 0 Å². The Morgan fingerprint density at radius 3 is 2.18 bits per heavy atom. The molecule has 6 heteroatoms. The summed E-state index contributed by atoms with van der Waals surface area (Å²) in [7, 11) is 0. The molecule has 0 bridgehead atoms. The SMILES string of the molecule is NN1C=CC=CC1.[O-][I+2]([O-])O.